The molecule has 0 fully saturated rings. The van der Waals surface area contributed by atoms with Gasteiger partial charge in [0.25, 0.3) is 0 Å². The normalized spacial score (nSPS) is 12.3. The van der Waals surface area contributed by atoms with E-state index in [1.165, 1.54) is 27.7 Å². The Morgan fingerprint density at radius 3 is 2.70 bits per heavy atom. The van der Waals surface area contributed by atoms with Crippen LogP contribution >= 0.6 is 11.3 Å². The van der Waals surface area contributed by atoms with Gasteiger partial charge in [-0.1, -0.05) is 29.5 Å². The minimum absolute atomic E-state index is 0.189. The van der Waals surface area contributed by atoms with Gasteiger partial charge < -0.3 is 10.1 Å². The van der Waals surface area contributed by atoms with E-state index >= 15 is 0 Å². The fraction of sp³-hybridized carbons (Fsp3) is 0.200. The fourth-order valence-corrected chi connectivity index (χ4v) is 2.68. The molecule has 0 saturated heterocycles. The molecule has 3 aromatic rings. The van der Waals surface area contributed by atoms with Crippen LogP contribution in [-0.4, -0.2) is 17.3 Å². The number of anilines is 1. The van der Waals surface area contributed by atoms with Gasteiger partial charge in [0.15, 0.2) is 0 Å². The topological polar surface area (TPSA) is 47.0 Å². The Bertz CT molecular complexity index is 712. The van der Waals surface area contributed by atoms with Crippen molar-refractivity contribution >= 4 is 27.2 Å². The van der Waals surface area contributed by atoms with Gasteiger partial charge in [0.1, 0.15) is 11.3 Å². The second kappa shape index (κ2) is 5.46. The van der Waals surface area contributed by atoms with Crippen LogP contribution in [0.1, 0.15) is 18.5 Å². The van der Waals surface area contributed by atoms with Gasteiger partial charge in [0.2, 0.25) is 5.13 Å². The van der Waals surface area contributed by atoms with Crippen molar-refractivity contribution in [1.29, 1.82) is 0 Å². The molecule has 1 N–H and O–H groups in total. The maximum atomic E-state index is 5.24. The second-order valence-corrected chi connectivity index (χ2v) is 5.42. The van der Waals surface area contributed by atoms with Crippen molar-refractivity contribution in [2.45, 2.75) is 13.0 Å². The molecule has 1 unspecified atom stereocenters. The van der Waals surface area contributed by atoms with Crippen LogP contribution in [0.2, 0.25) is 0 Å². The largest absolute Gasteiger partial charge is 0.497 e. The molecule has 102 valence electrons. The molecule has 2 aromatic carbocycles. The summed E-state index contributed by atoms with van der Waals surface area (Å²) in [4.78, 5) is 0. The summed E-state index contributed by atoms with van der Waals surface area (Å²) in [5.41, 5.74) is 2.94. The van der Waals surface area contributed by atoms with E-state index in [9.17, 15) is 0 Å². The van der Waals surface area contributed by atoms with Crippen molar-refractivity contribution in [2.75, 3.05) is 12.4 Å². The molecule has 0 spiro atoms. The predicted octanol–water partition coefficient (Wildman–Crippen LogP) is 3.87. The summed E-state index contributed by atoms with van der Waals surface area (Å²) in [6.45, 7) is 2.12. The number of hydrogen-bond donors (Lipinski definition) is 1. The first-order chi connectivity index (χ1) is 9.76. The van der Waals surface area contributed by atoms with Crippen LogP contribution < -0.4 is 10.1 Å². The van der Waals surface area contributed by atoms with Crippen molar-refractivity contribution in [3.05, 3.63) is 47.5 Å². The third kappa shape index (κ3) is 2.58. The van der Waals surface area contributed by atoms with Gasteiger partial charge in [0, 0.05) is 0 Å². The van der Waals surface area contributed by atoms with E-state index in [1.807, 2.05) is 12.1 Å². The van der Waals surface area contributed by atoms with Gasteiger partial charge >= 0.3 is 0 Å². The standard InChI is InChI=1S/C15H15N3OS/c1-10(17-15-18-16-9-20-15)11-3-4-13-8-14(19-2)6-5-12(13)7-11/h3-10H,1-2H3,(H,17,18). The van der Waals surface area contributed by atoms with Gasteiger partial charge in [-0.15, -0.1) is 10.2 Å². The average Bonchev–Trinajstić information content (AvgIpc) is 2.99. The number of ether oxygens (including phenoxy) is 1. The van der Waals surface area contributed by atoms with Crippen LogP contribution in [0.3, 0.4) is 0 Å². The van der Waals surface area contributed by atoms with Crippen molar-refractivity contribution in [3.8, 4) is 5.75 Å². The van der Waals surface area contributed by atoms with Crippen LogP contribution in [0.4, 0.5) is 5.13 Å². The molecule has 0 saturated carbocycles. The number of fused-ring (bicyclic) bond motifs is 1. The Balaban J connectivity index is 1.88. The highest BCUT2D eigenvalue weighted by molar-refractivity contribution is 7.13. The number of nitrogens with zero attached hydrogens (tertiary/aromatic N) is 2. The van der Waals surface area contributed by atoms with E-state index in [0.717, 1.165) is 10.9 Å². The van der Waals surface area contributed by atoms with Crippen LogP contribution in [0.25, 0.3) is 10.8 Å². The van der Waals surface area contributed by atoms with Gasteiger partial charge in [0.05, 0.1) is 13.2 Å². The molecule has 4 nitrogen and oxygen atoms in total. The second-order valence-electron chi connectivity index (χ2n) is 4.58. The smallest absolute Gasteiger partial charge is 0.205 e. The highest BCUT2D eigenvalue weighted by Crippen LogP contribution is 2.26. The Morgan fingerprint density at radius 2 is 1.95 bits per heavy atom. The number of rotatable bonds is 4. The van der Waals surface area contributed by atoms with Gasteiger partial charge in [-0.25, -0.2) is 0 Å². The molecular formula is C15H15N3OS. The number of aromatic nitrogens is 2. The summed E-state index contributed by atoms with van der Waals surface area (Å²) in [5.74, 6) is 0.880. The zero-order chi connectivity index (χ0) is 13.9. The minimum Gasteiger partial charge on any atom is -0.497 e. The number of nitrogens with one attached hydrogen (secondary N) is 1. The van der Waals surface area contributed by atoms with E-state index in [2.05, 4.69) is 46.7 Å². The van der Waals surface area contributed by atoms with E-state index in [4.69, 9.17) is 4.74 Å². The Hall–Kier alpha value is -2.14. The maximum absolute atomic E-state index is 5.24. The zero-order valence-electron chi connectivity index (χ0n) is 11.3. The Kier molecular flexibility index (Phi) is 3.52. The average molecular weight is 285 g/mol. The summed E-state index contributed by atoms with van der Waals surface area (Å²) >= 11 is 1.50. The van der Waals surface area contributed by atoms with Crippen LogP contribution in [-0.2, 0) is 0 Å². The summed E-state index contributed by atoms with van der Waals surface area (Å²) in [6, 6.07) is 12.7. The number of hydrogen-bond acceptors (Lipinski definition) is 5. The van der Waals surface area contributed by atoms with Crippen molar-refractivity contribution < 1.29 is 4.74 Å². The van der Waals surface area contributed by atoms with E-state index in [1.54, 1.807) is 12.6 Å². The lowest BCUT2D eigenvalue weighted by Gasteiger charge is -2.14. The van der Waals surface area contributed by atoms with Crippen molar-refractivity contribution in [3.63, 3.8) is 0 Å². The third-order valence-electron chi connectivity index (χ3n) is 3.27. The van der Waals surface area contributed by atoms with Crippen LogP contribution in [0, 0.1) is 0 Å². The van der Waals surface area contributed by atoms with Crippen molar-refractivity contribution in [1.82, 2.24) is 10.2 Å². The number of benzene rings is 2. The Labute approximate surface area is 121 Å². The lowest BCUT2D eigenvalue weighted by Crippen LogP contribution is -2.06. The van der Waals surface area contributed by atoms with Crippen molar-refractivity contribution in [2.24, 2.45) is 0 Å². The molecule has 0 aliphatic rings. The first-order valence-corrected chi connectivity index (χ1v) is 7.24. The lowest BCUT2D eigenvalue weighted by atomic mass is 10.0. The van der Waals surface area contributed by atoms with Crippen LogP contribution in [0.5, 0.6) is 5.75 Å². The highest BCUT2D eigenvalue weighted by atomic mass is 32.1. The zero-order valence-corrected chi connectivity index (χ0v) is 12.1. The van der Waals surface area contributed by atoms with E-state index in [0.29, 0.717) is 0 Å². The number of methoxy groups -OCH3 is 1. The van der Waals surface area contributed by atoms with Gasteiger partial charge in [-0.3, -0.25) is 0 Å². The lowest BCUT2D eigenvalue weighted by molar-refractivity contribution is 0.415. The first kappa shape index (κ1) is 12.9. The molecular weight excluding hydrogens is 270 g/mol. The minimum atomic E-state index is 0.189. The molecule has 0 aliphatic carbocycles. The molecule has 3 rings (SSSR count). The van der Waals surface area contributed by atoms with Gasteiger partial charge in [-0.2, -0.15) is 0 Å². The molecule has 0 bridgehead atoms. The highest BCUT2D eigenvalue weighted by Gasteiger charge is 2.08. The molecule has 0 radical (unpaired) electrons. The quantitative estimate of drug-likeness (QED) is 0.790. The predicted molar refractivity (Wildman–Crippen MR) is 82.4 cm³/mol. The Morgan fingerprint density at radius 1 is 1.15 bits per heavy atom. The molecule has 1 heterocycles. The molecule has 20 heavy (non-hydrogen) atoms. The van der Waals surface area contributed by atoms with Crippen LogP contribution in [0.15, 0.2) is 41.9 Å². The summed E-state index contributed by atoms with van der Waals surface area (Å²) in [5, 5.41) is 14.4. The summed E-state index contributed by atoms with van der Waals surface area (Å²) in [6.07, 6.45) is 0. The van der Waals surface area contributed by atoms with E-state index in [-0.39, 0.29) is 6.04 Å². The molecule has 5 heteroatoms. The third-order valence-corrected chi connectivity index (χ3v) is 3.89. The van der Waals surface area contributed by atoms with E-state index < -0.39 is 0 Å². The summed E-state index contributed by atoms with van der Waals surface area (Å²) < 4.78 is 5.24. The SMILES string of the molecule is COc1ccc2cc(C(C)Nc3nncs3)ccc2c1. The molecule has 0 amide bonds. The molecule has 1 atom stereocenters. The molecule has 1 aromatic heterocycles. The first-order valence-electron chi connectivity index (χ1n) is 6.36. The van der Waals surface area contributed by atoms with Gasteiger partial charge in [-0.05, 0) is 41.5 Å². The monoisotopic (exact) mass is 285 g/mol. The summed E-state index contributed by atoms with van der Waals surface area (Å²) in [7, 11) is 1.68. The molecule has 0 aliphatic heterocycles. The maximum Gasteiger partial charge on any atom is 0.205 e. The fourth-order valence-electron chi connectivity index (χ4n) is 2.14.